The van der Waals surface area contributed by atoms with Crippen LogP contribution < -0.4 is 5.32 Å². The Morgan fingerprint density at radius 2 is 1.76 bits per heavy atom. The zero-order valence-electron chi connectivity index (χ0n) is 14.0. The molecule has 0 amide bonds. The van der Waals surface area contributed by atoms with Crippen molar-refractivity contribution in [1.29, 1.82) is 0 Å². The third kappa shape index (κ3) is 3.95. The fourth-order valence-electron chi connectivity index (χ4n) is 3.33. The van der Waals surface area contributed by atoms with Crippen molar-refractivity contribution in [3.63, 3.8) is 0 Å². The van der Waals surface area contributed by atoms with E-state index in [1.807, 2.05) is 19.2 Å². The minimum atomic E-state index is -0.926. The van der Waals surface area contributed by atoms with E-state index in [1.54, 1.807) is 0 Å². The summed E-state index contributed by atoms with van der Waals surface area (Å²) in [6.07, 6.45) is 3.41. The third-order valence-corrected chi connectivity index (χ3v) is 6.72. The van der Waals surface area contributed by atoms with Gasteiger partial charge in [0.05, 0.1) is 16.0 Å². The second-order valence-electron chi connectivity index (χ2n) is 7.42. The lowest BCUT2D eigenvalue weighted by Crippen LogP contribution is -2.46. The lowest BCUT2D eigenvalue weighted by Gasteiger charge is -2.41. The number of hydrogen-bond donors (Lipinski definition) is 1. The largest absolute Gasteiger partial charge is 0.316 e. The van der Waals surface area contributed by atoms with Crippen LogP contribution in [0.3, 0.4) is 0 Å². The predicted molar refractivity (Wildman–Crippen MR) is 91.0 cm³/mol. The summed E-state index contributed by atoms with van der Waals surface area (Å²) in [5.74, 6) is 0.654. The Balaban J connectivity index is 2.20. The molecular weight excluding hydrogens is 278 g/mol. The Morgan fingerprint density at radius 1 is 1.14 bits per heavy atom. The van der Waals surface area contributed by atoms with Crippen LogP contribution in [0, 0.1) is 18.3 Å². The van der Waals surface area contributed by atoms with Gasteiger partial charge in [0.1, 0.15) is 0 Å². The Morgan fingerprint density at radius 3 is 2.29 bits per heavy atom. The van der Waals surface area contributed by atoms with E-state index in [2.05, 4.69) is 45.1 Å². The third-order valence-electron chi connectivity index (χ3n) is 4.92. The van der Waals surface area contributed by atoms with Gasteiger partial charge < -0.3 is 5.32 Å². The number of aryl methyl sites for hydroxylation is 1. The van der Waals surface area contributed by atoms with Crippen molar-refractivity contribution in [3.05, 3.63) is 29.8 Å². The van der Waals surface area contributed by atoms with Crippen molar-refractivity contribution in [3.8, 4) is 0 Å². The summed E-state index contributed by atoms with van der Waals surface area (Å²) in [6.45, 7) is 9.00. The maximum Gasteiger partial charge on any atom is 0.0576 e. The van der Waals surface area contributed by atoms with Crippen molar-refractivity contribution in [2.75, 3.05) is 7.05 Å². The van der Waals surface area contributed by atoms with Gasteiger partial charge in [-0.1, -0.05) is 38.5 Å². The summed E-state index contributed by atoms with van der Waals surface area (Å²) < 4.78 is 13.0. The van der Waals surface area contributed by atoms with Gasteiger partial charge in [-0.25, -0.2) is 0 Å². The minimum Gasteiger partial charge on any atom is -0.316 e. The molecule has 0 aliphatic heterocycles. The predicted octanol–water partition coefficient (Wildman–Crippen LogP) is 3.91. The molecule has 21 heavy (non-hydrogen) atoms. The smallest absolute Gasteiger partial charge is 0.0576 e. The molecule has 0 bridgehead atoms. The van der Waals surface area contributed by atoms with Crippen LogP contribution in [0.1, 0.15) is 45.6 Å². The van der Waals surface area contributed by atoms with E-state index in [-0.39, 0.29) is 5.25 Å². The molecule has 2 rings (SSSR count). The zero-order chi connectivity index (χ0) is 15.6. The number of nitrogens with one attached hydrogen (secondary N) is 1. The number of benzene rings is 1. The average Bonchev–Trinajstić information content (AvgIpc) is 2.45. The summed E-state index contributed by atoms with van der Waals surface area (Å²) >= 11 is 0. The molecule has 0 saturated heterocycles. The quantitative estimate of drug-likeness (QED) is 0.917. The fraction of sp³-hybridized carbons (Fsp3) is 0.667. The van der Waals surface area contributed by atoms with E-state index in [0.29, 0.717) is 17.4 Å². The molecule has 4 unspecified atom stereocenters. The standard InChI is InChI=1S/C18H29NOS/c1-13-6-9-15(10-7-13)21(20)17-12-14(18(2,3)4)8-11-16(17)19-5/h6-7,9-10,14,16-17,19H,8,11-12H2,1-5H3. The summed E-state index contributed by atoms with van der Waals surface area (Å²) in [7, 11) is 1.08. The lowest BCUT2D eigenvalue weighted by atomic mass is 9.71. The van der Waals surface area contributed by atoms with Crippen molar-refractivity contribution in [2.45, 2.75) is 63.1 Å². The second kappa shape index (κ2) is 6.62. The van der Waals surface area contributed by atoms with E-state index >= 15 is 0 Å². The minimum absolute atomic E-state index is 0.218. The van der Waals surface area contributed by atoms with Gasteiger partial charge in [-0.15, -0.1) is 0 Å². The lowest BCUT2D eigenvalue weighted by molar-refractivity contribution is 0.166. The summed E-state index contributed by atoms with van der Waals surface area (Å²) in [5.41, 5.74) is 1.52. The van der Waals surface area contributed by atoms with Crippen LogP contribution in [0.15, 0.2) is 29.2 Å². The first-order valence-corrected chi connectivity index (χ1v) is 9.18. The van der Waals surface area contributed by atoms with Gasteiger partial charge in [-0.2, -0.15) is 0 Å². The topological polar surface area (TPSA) is 29.1 Å². The highest BCUT2D eigenvalue weighted by Crippen LogP contribution is 2.40. The van der Waals surface area contributed by atoms with Gasteiger partial charge in [0.2, 0.25) is 0 Å². The van der Waals surface area contributed by atoms with Crippen molar-refractivity contribution in [2.24, 2.45) is 11.3 Å². The highest BCUT2D eigenvalue weighted by molar-refractivity contribution is 7.85. The Hall–Kier alpha value is -0.670. The normalized spacial score (nSPS) is 28.3. The SMILES string of the molecule is CNC1CCC(C(C)(C)C)CC1S(=O)c1ccc(C)cc1. The zero-order valence-corrected chi connectivity index (χ0v) is 14.8. The van der Waals surface area contributed by atoms with Crippen LogP contribution in [0.2, 0.25) is 0 Å². The highest BCUT2D eigenvalue weighted by atomic mass is 32.2. The van der Waals surface area contributed by atoms with E-state index in [0.717, 1.165) is 17.7 Å². The fourth-order valence-corrected chi connectivity index (χ4v) is 5.06. The van der Waals surface area contributed by atoms with Crippen LogP contribution in [0.4, 0.5) is 0 Å². The summed E-state index contributed by atoms with van der Waals surface area (Å²) in [5, 5.41) is 3.61. The van der Waals surface area contributed by atoms with Crippen molar-refractivity contribution in [1.82, 2.24) is 5.32 Å². The van der Waals surface area contributed by atoms with Crippen LogP contribution >= 0.6 is 0 Å². The first-order chi connectivity index (χ1) is 9.82. The first-order valence-electron chi connectivity index (χ1n) is 7.97. The molecule has 1 aliphatic carbocycles. The average molecular weight is 308 g/mol. The summed E-state index contributed by atoms with van der Waals surface area (Å²) in [6, 6.07) is 8.54. The van der Waals surface area contributed by atoms with E-state index in [4.69, 9.17) is 0 Å². The number of hydrogen-bond acceptors (Lipinski definition) is 2. The molecule has 118 valence electrons. The molecule has 0 radical (unpaired) electrons. The number of rotatable bonds is 3. The molecule has 3 heteroatoms. The van der Waals surface area contributed by atoms with Crippen LogP contribution in [-0.2, 0) is 10.8 Å². The molecule has 0 spiro atoms. The van der Waals surface area contributed by atoms with Crippen molar-refractivity contribution >= 4 is 10.8 Å². The summed E-state index contributed by atoms with van der Waals surface area (Å²) in [4.78, 5) is 0.973. The van der Waals surface area contributed by atoms with Gasteiger partial charge in [0, 0.05) is 10.9 Å². The van der Waals surface area contributed by atoms with Crippen LogP contribution in [-0.4, -0.2) is 22.5 Å². The molecule has 1 aromatic carbocycles. The Kier molecular flexibility index (Phi) is 5.26. The van der Waals surface area contributed by atoms with Gasteiger partial charge in [-0.3, -0.25) is 4.21 Å². The molecule has 1 N–H and O–H groups in total. The van der Waals surface area contributed by atoms with E-state index in [9.17, 15) is 4.21 Å². The molecule has 0 heterocycles. The van der Waals surface area contributed by atoms with Gasteiger partial charge in [0.25, 0.3) is 0 Å². The molecule has 1 saturated carbocycles. The van der Waals surface area contributed by atoms with Crippen LogP contribution in [0.5, 0.6) is 0 Å². The van der Waals surface area contributed by atoms with Gasteiger partial charge >= 0.3 is 0 Å². The highest BCUT2D eigenvalue weighted by Gasteiger charge is 2.38. The van der Waals surface area contributed by atoms with Crippen molar-refractivity contribution < 1.29 is 4.21 Å². The molecule has 1 fully saturated rings. The molecule has 0 aromatic heterocycles. The van der Waals surface area contributed by atoms with E-state index < -0.39 is 10.8 Å². The molecule has 1 aromatic rings. The molecular formula is C18H29NOS. The van der Waals surface area contributed by atoms with Gasteiger partial charge in [0.15, 0.2) is 0 Å². The van der Waals surface area contributed by atoms with Crippen LogP contribution in [0.25, 0.3) is 0 Å². The Bertz CT molecular complexity index is 489. The maximum atomic E-state index is 13.0. The van der Waals surface area contributed by atoms with Gasteiger partial charge in [-0.05, 0) is 56.7 Å². The maximum absolute atomic E-state index is 13.0. The molecule has 2 nitrogen and oxygen atoms in total. The van der Waals surface area contributed by atoms with E-state index in [1.165, 1.54) is 12.0 Å². The second-order valence-corrected chi connectivity index (χ2v) is 9.09. The Labute approximate surface area is 132 Å². The first kappa shape index (κ1) is 16.7. The molecule has 1 aliphatic rings. The molecule has 4 atom stereocenters. The monoisotopic (exact) mass is 307 g/mol.